The number of rotatable bonds is 8. The van der Waals surface area contributed by atoms with Gasteiger partial charge in [0.1, 0.15) is 0 Å². The topological polar surface area (TPSA) is 67.2 Å². The van der Waals surface area contributed by atoms with Crippen LogP contribution in [0.2, 0.25) is 0 Å². The molecule has 0 aromatic carbocycles. The van der Waals surface area contributed by atoms with Crippen molar-refractivity contribution in [2.24, 2.45) is 0 Å². The predicted octanol–water partition coefficient (Wildman–Crippen LogP) is 1.75. The van der Waals surface area contributed by atoms with E-state index in [1.807, 2.05) is 29.1 Å². The minimum absolute atomic E-state index is 0.115. The number of nitrogens with zero attached hydrogens (tertiary/aromatic N) is 2. The molecular weight excluding hydrogens is 262 g/mol. The van der Waals surface area contributed by atoms with Gasteiger partial charge in [-0.15, -0.1) is 11.3 Å². The van der Waals surface area contributed by atoms with Gasteiger partial charge < -0.3 is 10.4 Å². The maximum Gasteiger partial charge on any atom is 0.308 e. The third kappa shape index (κ3) is 4.84. The standard InChI is InChI=1S/C13H17N3O2S/c17-13(18)9-11-3-4-12(19-11)10-14-5-1-7-16-8-2-6-15-16/h2-4,6,8,14H,1,5,7,9-10H2,(H,17,18). The predicted molar refractivity (Wildman–Crippen MR) is 74.2 cm³/mol. The van der Waals surface area contributed by atoms with E-state index in [1.54, 1.807) is 17.5 Å². The zero-order valence-electron chi connectivity index (χ0n) is 10.6. The molecule has 0 saturated carbocycles. The number of carboxylic acid groups (broad SMARTS) is 1. The van der Waals surface area contributed by atoms with Crippen LogP contribution in [-0.4, -0.2) is 27.4 Å². The Labute approximate surface area is 115 Å². The van der Waals surface area contributed by atoms with Crippen molar-refractivity contribution in [3.63, 3.8) is 0 Å². The third-order valence-corrected chi connectivity index (χ3v) is 3.73. The minimum Gasteiger partial charge on any atom is -0.481 e. The van der Waals surface area contributed by atoms with Crippen LogP contribution in [0.25, 0.3) is 0 Å². The lowest BCUT2D eigenvalue weighted by Gasteiger charge is -2.03. The Morgan fingerprint density at radius 2 is 2.26 bits per heavy atom. The number of carbonyl (C=O) groups is 1. The van der Waals surface area contributed by atoms with Gasteiger partial charge in [-0.2, -0.15) is 5.10 Å². The maximum absolute atomic E-state index is 10.6. The van der Waals surface area contributed by atoms with E-state index < -0.39 is 5.97 Å². The van der Waals surface area contributed by atoms with Gasteiger partial charge >= 0.3 is 5.97 Å². The largest absolute Gasteiger partial charge is 0.481 e. The fourth-order valence-corrected chi connectivity index (χ4v) is 2.75. The van der Waals surface area contributed by atoms with Gasteiger partial charge in [-0.1, -0.05) is 0 Å². The highest BCUT2D eigenvalue weighted by atomic mass is 32.1. The van der Waals surface area contributed by atoms with Crippen molar-refractivity contribution >= 4 is 17.3 Å². The smallest absolute Gasteiger partial charge is 0.308 e. The summed E-state index contributed by atoms with van der Waals surface area (Å²) in [6.45, 7) is 2.63. The molecule has 0 aliphatic rings. The SMILES string of the molecule is O=C(O)Cc1ccc(CNCCCn2cccn2)s1. The number of aromatic nitrogens is 2. The monoisotopic (exact) mass is 279 g/mol. The molecule has 0 unspecified atom stereocenters. The van der Waals surface area contributed by atoms with Crippen LogP contribution in [-0.2, 0) is 24.3 Å². The number of nitrogens with one attached hydrogen (secondary N) is 1. The van der Waals surface area contributed by atoms with Crippen LogP contribution in [0.3, 0.4) is 0 Å². The molecule has 0 aliphatic carbocycles. The van der Waals surface area contributed by atoms with E-state index >= 15 is 0 Å². The zero-order valence-corrected chi connectivity index (χ0v) is 11.4. The van der Waals surface area contributed by atoms with Crippen LogP contribution in [0, 0.1) is 0 Å². The van der Waals surface area contributed by atoms with Gasteiger partial charge in [0.15, 0.2) is 0 Å². The van der Waals surface area contributed by atoms with Gasteiger partial charge in [-0.25, -0.2) is 0 Å². The van der Waals surface area contributed by atoms with Crippen molar-refractivity contribution in [2.45, 2.75) is 25.9 Å². The summed E-state index contributed by atoms with van der Waals surface area (Å²) in [6, 6.07) is 5.80. The summed E-state index contributed by atoms with van der Waals surface area (Å²) in [5.41, 5.74) is 0. The number of aryl methyl sites for hydroxylation is 1. The summed E-state index contributed by atoms with van der Waals surface area (Å²) in [6.07, 6.45) is 4.87. The average molecular weight is 279 g/mol. The summed E-state index contributed by atoms with van der Waals surface area (Å²) in [7, 11) is 0. The van der Waals surface area contributed by atoms with E-state index in [0.717, 1.165) is 30.9 Å². The fraction of sp³-hybridized carbons (Fsp3) is 0.385. The normalized spacial score (nSPS) is 10.7. The van der Waals surface area contributed by atoms with E-state index in [2.05, 4.69) is 10.4 Å². The molecule has 2 rings (SSSR count). The Bertz CT molecular complexity index is 508. The molecule has 2 aromatic heterocycles. The van der Waals surface area contributed by atoms with Gasteiger partial charge in [0.25, 0.3) is 0 Å². The third-order valence-electron chi connectivity index (χ3n) is 2.64. The first-order valence-corrected chi connectivity index (χ1v) is 7.03. The fourth-order valence-electron chi connectivity index (χ4n) is 1.77. The molecule has 0 spiro atoms. The van der Waals surface area contributed by atoms with Gasteiger partial charge in [-0.05, 0) is 31.2 Å². The van der Waals surface area contributed by atoms with Crippen LogP contribution >= 0.6 is 11.3 Å². The van der Waals surface area contributed by atoms with Crippen LogP contribution in [0.15, 0.2) is 30.6 Å². The summed E-state index contributed by atoms with van der Waals surface area (Å²) in [5, 5.41) is 16.2. The number of hydrogen-bond acceptors (Lipinski definition) is 4. The van der Waals surface area contributed by atoms with Crippen LogP contribution in [0.4, 0.5) is 0 Å². The van der Waals surface area contributed by atoms with Crippen molar-refractivity contribution in [1.82, 2.24) is 15.1 Å². The van der Waals surface area contributed by atoms with Gasteiger partial charge in [0.05, 0.1) is 6.42 Å². The van der Waals surface area contributed by atoms with Crippen molar-refractivity contribution in [3.8, 4) is 0 Å². The van der Waals surface area contributed by atoms with Crippen molar-refractivity contribution in [2.75, 3.05) is 6.54 Å². The number of aliphatic carboxylic acids is 1. The number of carboxylic acids is 1. The van der Waals surface area contributed by atoms with Crippen LogP contribution < -0.4 is 5.32 Å². The van der Waals surface area contributed by atoms with Crippen LogP contribution in [0.1, 0.15) is 16.2 Å². The lowest BCUT2D eigenvalue weighted by molar-refractivity contribution is -0.136. The highest BCUT2D eigenvalue weighted by Gasteiger charge is 2.04. The van der Waals surface area contributed by atoms with Gasteiger partial charge in [-0.3, -0.25) is 9.48 Å². The molecule has 5 nitrogen and oxygen atoms in total. The molecule has 19 heavy (non-hydrogen) atoms. The first-order valence-electron chi connectivity index (χ1n) is 6.21. The molecule has 102 valence electrons. The quantitative estimate of drug-likeness (QED) is 0.722. The van der Waals surface area contributed by atoms with E-state index in [-0.39, 0.29) is 6.42 Å². The second-order valence-corrected chi connectivity index (χ2v) is 5.49. The second-order valence-electron chi connectivity index (χ2n) is 4.24. The Morgan fingerprint density at radius 1 is 1.42 bits per heavy atom. The summed E-state index contributed by atoms with van der Waals surface area (Å²) >= 11 is 1.56. The summed E-state index contributed by atoms with van der Waals surface area (Å²) < 4.78 is 1.91. The maximum atomic E-state index is 10.6. The highest BCUT2D eigenvalue weighted by molar-refractivity contribution is 7.12. The molecule has 0 saturated heterocycles. The van der Waals surface area contributed by atoms with Crippen molar-refractivity contribution in [3.05, 3.63) is 40.3 Å². The lowest BCUT2D eigenvalue weighted by Crippen LogP contribution is -2.16. The molecule has 6 heteroatoms. The molecule has 0 amide bonds. The van der Waals surface area contributed by atoms with Crippen LogP contribution in [0.5, 0.6) is 0 Å². The van der Waals surface area contributed by atoms with E-state index in [1.165, 1.54) is 4.88 Å². The molecule has 2 aromatic rings. The van der Waals surface area contributed by atoms with E-state index in [0.29, 0.717) is 0 Å². The Kier molecular flexibility index (Phi) is 5.11. The lowest BCUT2D eigenvalue weighted by atomic mass is 10.3. The molecule has 0 atom stereocenters. The first-order chi connectivity index (χ1) is 9.24. The molecule has 0 bridgehead atoms. The first kappa shape index (κ1) is 13.8. The Morgan fingerprint density at radius 3 is 3.00 bits per heavy atom. The van der Waals surface area contributed by atoms with Gasteiger partial charge in [0, 0.05) is 35.2 Å². The molecule has 0 fully saturated rings. The van der Waals surface area contributed by atoms with E-state index in [4.69, 9.17) is 5.11 Å². The van der Waals surface area contributed by atoms with Crippen molar-refractivity contribution < 1.29 is 9.90 Å². The summed E-state index contributed by atoms with van der Waals surface area (Å²) in [5.74, 6) is -0.777. The second kappa shape index (κ2) is 7.06. The molecule has 0 aliphatic heterocycles. The minimum atomic E-state index is -0.777. The average Bonchev–Trinajstić information content (AvgIpc) is 3.00. The molecule has 2 heterocycles. The molecular formula is C13H17N3O2S. The Balaban J connectivity index is 1.62. The van der Waals surface area contributed by atoms with Gasteiger partial charge in [0.2, 0.25) is 0 Å². The molecule has 2 N–H and O–H groups in total. The number of hydrogen-bond donors (Lipinski definition) is 2. The van der Waals surface area contributed by atoms with E-state index in [9.17, 15) is 4.79 Å². The molecule has 0 radical (unpaired) electrons. The summed E-state index contributed by atoms with van der Waals surface area (Å²) in [4.78, 5) is 12.7. The highest BCUT2D eigenvalue weighted by Crippen LogP contribution is 2.16. The van der Waals surface area contributed by atoms with Crippen molar-refractivity contribution in [1.29, 1.82) is 0 Å². The Hall–Kier alpha value is -1.66. The number of thiophene rings is 1. The zero-order chi connectivity index (χ0) is 13.5.